The van der Waals surface area contributed by atoms with Crippen LogP contribution in [0.3, 0.4) is 0 Å². The normalized spacial score (nSPS) is 11.4. The molecular weight excluding hydrogens is 188 g/mol. The number of oxime groups is 1. The lowest BCUT2D eigenvalue weighted by Crippen LogP contribution is -2.21. The zero-order chi connectivity index (χ0) is 10.6. The van der Waals surface area contributed by atoms with E-state index >= 15 is 0 Å². The van der Waals surface area contributed by atoms with E-state index in [1.807, 2.05) is 0 Å². The molecule has 0 aromatic heterocycles. The third-order valence-corrected chi connectivity index (χ3v) is 1.71. The second-order valence-corrected chi connectivity index (χ2v) is 2.62. The topological polar surface area (TPSA) is 105 Å². The molecule has 5 N–H and O–H groups in total. The maximum Gasteiger partial charge on any atom is 0.169 e. The van der Waals surface area contributed by atoms with Gasteiger partial charge in [0.15, 0.2) is 17.3 Å². The summed E-state index contributed by atoms with van der Waals surface area (Å²) in [5, 5.41) is 38.0. The van der Waals surface area contributed by atoms with E-state index in [1.54, 1.807) is 5.48 Å². The number of rotatable bonds is 2. The quantitative estimate of drug-likeness (QED) is 0.155. The van der Waals surface area contributed by atoms with Crippen molar-refractivity contribution in [1.82, 2.24) is 5.48 Å². The van der Waals surface area contributed by atoms with Gasteiger partial charge in [0, 0.05) is 12.0 Å². The van der Waals surface area contributed by atoms with Crippen LogP contribution in [-0.4, -0.2) is 26.5 Å². The highest BCUT2D eigenvalue weighted by Gasteiger charge is 2.08. The van der Waals surface area contributed by atoms with E-state index in [4.69, 9.17) is 15.5 Å². The van der Waals surface area contributed by atoms with Crippen molar-refractivity contribution in [2.24, 2.45) is 5.16 Å². The molecule has 0 bridgehead atoms. The van der Waals surface area contributed by atoms with Crippen LogP contribution in [-0.2, 0) is 6.42 Å². The second kappa shape index (κ2) is 4.33. The maximum atomic E-state index is 9.34. The molecule has 0 fully saturated rings. The van der Waals surface area contributed by atoms with Crippen molar-refractivity contribution < 1.29 is 20.6 Å². The standard InChI is InChI=1S/C8H10N2O4/c11-6-3-1-2-5(8(6)12)4-7(9-13)10-14/h1-3,11-14H,4H2,(H,9,10). The highest BCUT2D eigenvalue weighted by molar-refractivity contribution is 5.83. The van der Waals surface area contributed by atoms with Crippen LogP contribution in [0.1, 0.15) is 5.56 Å². The van der Waals surface area contributed by atoms with Gasteiger partial charge in [-0.25, -0.2) is 0 Å². The van der Waals surface area contributed by atoms with Crippen molar-refractivity contribution in [3.8, 4) is 11.5 Å². The molecule has 0 spiro atoms. The van der Waals surface area contributed by atoms with Crippen molar-refractivity contribution in [2.45, 2.75) is 6.42 Å². The Hall–Kier alpha value is -1.95. The highest BCUT2D eigenvalue weighted by Crippen LogP contribution is 2.28. The molecule has 0 heterocycles. The molecule has 1 aromatic rings. The van der Waals surface area contributed by atoms with Gasteiger partial charge in [0.2, 0.25) is 0 Å². The van der Waals surface area contributed by atoms with Gasteiger partial charge in [0.1, 0.15) is 0 Å². The van der Waals surface area contributed by atoms with Crippen LogP contribution >= 0.6 is 0 Å². The Morgan fingerprint density at radius 3 is 2.64 bits per heavy atom. The lowest BCUT2D eigenvalue weighted by atomic mass is 10.1. The van der Waals surface area contributed by atoms with Crippen molar-refractivity contribution in [2.75, 3.05) is 0 Å². The Morgan fingerprint density at radius 1 is 1.36 bits per heavy atom. The number of para-hydroxylation sites is 1. The summed E-state index contributed by atoms with van der Waals surface area (Å²) >= 11 is 0. The summed E-state index contributed by atoms with van der Waals surface area (Å²) in [7, 11) is 0. The summed E-state index contributed by atoms with van der Waals surface area (Å²) < 4.78 is 0. The fourth-order valence-corrected chi connectivity index (χ4v) is 0.998. The number of hydroxylamine groups is 1. The van der Waals surface area contributed by atoms with Gasteiger partial charge in [-0.1, -0.05) is 17.3 Å². The van der Waals surface area contributed by atoms with Gasteiger partial charge in [-0.2, -0.15) is 0 Å². The van der Waals surface area contributed by atoms with Gasteiger partial charge in [-0.15, -0.1) is 0 Å². The van der Waals surface area contributed by atoms with Crippen LogP contribution in [0.5, 0.6) is 11.5 Å². The third kappa shape index (κ3) is 2.05. The van der Waals surface area contributed by atoms with E-state index in [1.165, 1.54) is 18.2 Å². The molecule has 1 rings (SSSR count). The minimum Gasteiger partial charge on any atom is -0.504 e. The largest absolute Gasteiger partial charge is 0.504 e. The van der Waals surface area contributed by atoms with Crippen LogP contribution in [0, 0.1) is 0 Å². The molecule has 0 amide bonds. The van der Waals surface area contributed by atoms with E-state index in [9.17, 15) is 5.11 Å². The lowest BCUT2D eigenvalue weighted by molar-refractivity contribution is 0.220. The van der Waals surface area contributed by atoms with E-state index in [0.29, 0.717) is 5.56 Å². The van der Waals surface area contributed by atoms with Crippen LogP contribution in [0.4, 0.5) is 0 Å². The number of aromatic hydroxyl groups is 2. The van der Waals surface area contributed by atoms with E-state index < -0.39 is 0 Å². The summed E-state index contributed by atoms with van der Waals surface area (Å²) in [6, 6.07) is 4.37. The SMILES string of the molecule is ON=C(Cc1cccc(O)c1O)NO. The van der Waals surface area contributed by atoms with Crippen molar-refractivity contribution in [1.29, 1.82) is 0 Å². The fourth-order valence-electron chi connectivity index (χ4n) is 0.998. The van der Waals surface area contributed by atoms with Gasteiger partial charge in [-0.05, 0) is 6.07 Å². The molecule has 6 heteroatoms. The molecule has 14 heavy (non-hydrogen) atoms. The number of phenols is 2. The predicted molar refractivity (Wildman–Crippen MR) is 47.6 cm³/mol. The average molecular weight is 198 g/mol. The Labute approximate surface area is 79.7 Å². The third-order valence-electron chi connectivity index (χ3n) is 1.71. The van der Waals surface area contributed by atoms with Gasteiger partial charge < -0.3 is 15.4 Å². The highest BCUT2D eigenvalue weighted by atomic mass is 16.5. The Kier molecular flexibility index (Phi) is 3.14. The molecule has 0 aliphatic carbocycles. The van der Waals surface area contributed by atoms with Gasteiger partial charge in [0.05, 0.1) is 0 Å². The summed E-state index contributed by atoms with van der Waals surface area (Å²) in [4.78, 5) is 0. The summed E-state index contributed by atoms with van der Waals surface area (Å²) in [6.45, 7) is 0. The molecule has 1 aromatic carbocycles. The minimum absolute atomic E-state index is 0.0206. The Bertz CT molecular complexity index is 351. The molecule has 0 saturated carbocycles. The Balaban J connectivity index is 2.92. The predicted octanol–water partition coefficient (Wildman–Crippen LogP) is 0.407. The zero-order valence-electron chi connectivity index (χ0n) is 7.18. The first-order chi connectivity index (χ1) is 6.69. The first kappa shape index (κ1) is 10.1. The molecular formula is C8H10N2O4. The molecule has 0 unspecified atom stereocenters. The van der Waals surface area contributed by atoms with Gasteiger partial charge >= 0.3 is 0 Å². The molecule has 0 radical (unpaired) electrons. The number of benzene rings is 1. The monoisotopic (exact) mass is 198 g/mol. The zero-order valence-corrected chi connectivity index (χ0v) is 7.18. The lowest BCUT2D eigenvalue weighted by Gasteiger charge is -2.05. The fraction of sp³-hybridized carbons (Fsp3) is 0.125. The van der Waals surface area contributed by atoms with Crippen molar-refractivity contribution in [3.63, 3.8) is 0 Å². The molecule has 0 atom stereocenters. The summed E-state index contributed by atoms with van der Waals surface area (Å²) in [5.41, 5.74) is 1.99. The number of hydrogen-bond donors (Lipinski definition) is 5. The molecule has 0 aliphatic rings. The molecule has 0 saturated heterocycles. The summed E-state index contributed by atoms with van der Waals surface area (Å²) in [5.74, 6) is -0.701. The number of nitrogens with one attached hydrogen (secondary N) is 1. The molecule has 0 aliphatic heterocycles. The van der Waals surface area contributed by atoms with Crippen LogP contribution < -0.4 is 5.48 Å². The van der Waals surface area contributed by atoms with E-state index in [-0.39, 0.29) is 23.8 Å². The first-order valence-electron chi connectivity index (χ1n) is 3.80. The number of phenolic OH excluding ortho intramolecular Hbond substituents is 2. The second-order valence-electron chi connectivity index (χ2n) is 2.62. The number of hydrogen-bond acceptors (Lipinski definition) is 5. The number of amidine groups is 1. The van der Waals surface area contributed by atoms with Crippen LogP contribution in [0.25, 0.3) is 0 Å². The van der Waals surface area contributed by atoms with Crippen LogP contribution in [0.2, 0.25) is 0 Å². The van der Waals surface area contributed by atoms with Crippen molar-refractivity contribution in [3.05, 3.63) is 23.8 Å². The van der Waals surface area contributed by atoms with Gasteiger partial charge in [-0.3, -0.25) is 10.7 Å². The van der Waals surface area contributed by atoms with Crippen LogP contribution in [0.15, 0.2) is 23.4 Å². The molecule has 6 nitrogen and oxygen atoms in total. The number of nitrogens with zero attached hydrogens (tertiary/aromatic N) is 1. The first-order valence-corrected chi connectivity index (χ1v) is 3.80. The van der Waals surface area contributed by atoms with E-state index in [0.717, 1.165) is 0 Å². The maximum absolute atomic E-state index is 9.34. The smallest absolute Gasteiger partial charge is 0.169 e. The average Bonchev–Trinajstić information content (AvgIpc) is 2.20. The van der Waals surface area contributed by atoms with Gasteiger partial charge in [0.25, 0.3) is 0 Å². The minimum atomic E-state index is -0.302. The van der Waals surface area contributed by atoms with E-state index in [2.05, 4.69) is 5.16 Å². The van der Waals surface area contributed by atoms with Crippen molar-refractivity contribution >= 4 is 5.84 Å². The Morgan fingerprint density at radius 2 is 2.07 bits per heavy atom. The summed E-state index contributed by atoms with van der Waals surface area (Å²) in [6.07, 6.45) is -0.0206. The molecule has 76 valence electrons.